The number of aliphatic hydroxyl groups is 1. The maximum Gasteiger partial charge on any atom is 0.0676 e. The van der Waals surface area contributed by atoms with Crippen molar-refractivity contribution in [3.8, 4) is 0 Å². The summed E-state index contributed by atoms with van der Waals surface area (Å²) in [6.45, 7) is 6.08. The molecule has 1 fully saturated rings. The summed E-state index contributed by atoms with van der Waals surface area (Å²) in [4.78, 5) is 0. The van der Waals surface area contributed by atoms with Crippen LogP contribution < -0.4 is 5.43 Å². The normalized spacial score (nSPS) is 25.2. The molecular formula is C9H20N2O. The Morgan fingerprint density at radius 3 is 2.25 bits per heavy atom. The molecule has 72 valence electrons. The number of aliphatic hydroxyl groups excluding tert-OH is 1. The van der Waals surface area contributed by atoms with Gasteiger partial charge in [0, 0.05) is 19.1 Å². The zero-order valence-corrected chi connectivity index (χ0v) is 8.08. The van der Waals surface area contributed by atoms with Crippen molar-refractivity contribution in [1.29, 1.82) is 0 Å². The van der Waals surface area contributed by atoms with Gasteiger partial charge in [-0.15, -0.1) is 0 Å². The highest BCUT2D eigenvalue weighted by Gasteiger charge is 2.14. The molecule has 3 heteroatoms. The first-order chi connectivity index (χ1) is 5.70. The number of nitrogens with zero attached hydrogens (tertiary/aromatic N) is 1. The molecule has 0 aromatic rings. The average Bonchev–Trinajstić information content (AvgIpc) is 2.06. The summed E-state index contributed by atoms with van der Waals surface area (Å²) in [6, 6.07) is 0.170. The number of hydrogen-bond acceptors (Lipinski definition) is 3. The van der Waals surface area contributed by atoms with Gasteiger partial charge >= 0.3 is 0 Å². The molecule has 2 atom stereocenters. The molecule has 0 aliphatic carbocycles. The zero-order chi connectivity index (χ0) is 8.97. The molecule has 3 nitrogen and oxygen atoms in total. The van der Waals surface area contributed by atoms with Crippen molar-refractivity contribution < 1.29 is 5.11 Å². The Bertz CT molecular complexity index is 122. The van der Waals surface area contributed by atoms with Gasteiger partial charge in [-0.2, -0.15) is 0 Å². The van der Waals surface area contributed by atoms with Crippen LogP contribution in [-0.4, -0.2) is 35.4 Å². The second-order valence-electron chi connectivity index (χ2n) is 3.71. The van der Waals surface area contributed by atoms with Gasteiger partial charge in [-0.05, 0) is 26.7 Å². The number of nitrogens with one attached hydrogen (secondary N) is 1. The summed E-state index contributed by atoms with van der Waals surface area (Å²) >= 11 is 0. The van der Waals surface area contributed by atoms with Gasteiger partial charge < -0.3 is 5.11 Å². The van der Waals surface area contributed by atoms with Gasteiger partial charge in [0.1, 0.15) is 0 Å². The molecule has 0 bridgehead atoms. The monoisotopic (exact) mass is 172 g/mol. The predicted octanol–water partition coefficient (Wildman–Crippen LogP) is 0.746. The topological polar surface area (TPSA) is 35.5 Å². The molecule has 1 rings (SSSR count). The summed E-state index contributed by atoms with van der Waals surface area (Å²) in [6.07, 6.45) is 3.63. The van der Waals surface area contributed by atoms with Gasteiger partial charge in [0.25, 0.3) is 0 Å². The smallest absolute Gasteiger partial charge is 0.0676 e. The largest absolute Gasteiger partial charge is 0.392 e. The SMILES string of the molecule is CC(O)C(C)NN1CCCCC1. The minimum Gasteiger partial charge on any atom is -0.392 e. The van der Waals surface area contributed by atoms with E-state index in [1.165, 1.54) is 19.3 Å². The second kappa shape index (κ2) is 4.80. The van der Waals surface area contributed by atoms with Crippen LogP contribution in [0, 0.1) is 0 Å². The van der Waals surface area contributed by atoms with Gasteiger partial charge in [0.2, 0.25) is 0 Å². The third kappa shape index (κ3) is 3.09. The molecule has 0 saturated carbocycles. The number of rotatable bonds is 3. The highest BCUT2D eigenvalue weighted by Crippen LogP contribution is 2.06. The molecule has 1 heterocycles. The predicted molar refractivity (Wildman–Crippen MR) is 49.7 cm³/mol. The molecule has 2 unspecified atom stereocenters. The van der Waals surface area contributed by atoms with Crippen LogP contribution in [0.5, 0.6) is 0 Å². The molecule has 1 saturated heterocycles. The molecule has 1 aliphatic heterocycles. The van der Waals surface area contributed by atoms with Crippen LogP contribution in [0.3, 0.4) is 0 Å². The molecule has 12 heavy (non-hydrogen) atoms. The maximum absolute atomic E-state index is 9.26. The first-order valence-corrected chi connectivity index (χ1v) is 4.89. The third-order valence-corrected chi connectivity index (χ3v) is 2.47. The lowest BCUT2D eigenvalue weighted by molar-refractivity contribution is 0.0703. The van der Waals surface area contributed by atoms with Crippen LogP contribution in [-0.2, 0) is 0 Å². The van der Waals surface area contributed by atoms with Crippen molar-refractivity contribution in [2.75, 3.05) is 13.1 Å². The van der Waals surface area contributed by atoms with Crippen molar-refractivity contribution in [1.82, 2.24) is 10.4 Å². The number of hydrazine groups is 1. The molecule has 0 aromatic carbocycles. The van der Waals surface area contributed by atoms with Crippen LogP contribution in [0.1, 0.15) is 33.1 Å². The summed E-state index contributed by atoms with van der Waals surface area (Å²) in [7, 11) is 0. The third-order valence-electron chi connectivity index (χ3n) is 2.47. The highest BCUT2D eigenvalue weighted by atomic mass is 16.3. The Morgan fingerprint density at radius 1 is 1.17 bits per heavy atom. The Kier molecular flexibility index (Phi) is 3.98. The van der Waals surface area contributed by atoms with E-state index in [4.69, 9.17) is 0 Å². The van der Waals surface area contributed by atoms with Crippen molar-refractivity contribution >= 4 is 0 Å². The lowest BCUT2D eigenvalue weighted by Gasteiger charge is -2.31. The van der Waals surface area contributed by atoms with Gasteiger partial charge in [0.05, 0.1) is 6.10 Å². The van der Waals surface area contributed by atoms with Crippen molar-refractivity contribution in [2.24, 2.45) is 0 Å². The van der Waals surface area contributed by atoms with E-state index in [1.54, 1.807) is 0 Å². The Balaban J connectivity index is 2.20. The fourth-order valence-electron chi connectivity index (χ4n) is 1.42. The Morgan fingerprint density at radius 2 is 1.75 bits per heavy atom. The minimum absolute atomic E-state index is 0.170. The fourth-order valence-corrected chi connectivity index (χ4v) is 1.42. The number of hydrogen-bond donors (Lipinski definition) is 2. The molecule has 0 aromatic heterocycles. The summed E-state index contributed by atoms with van der Waals surface area (Å²) in [5.41, 5.74) is 3.30. The summed E-state index contributed by atoms with van der Waals surface area (Å²) in [5, 5.41) is 11.5. The van der Waals surface area contributed by atoms with Gasteiger partial charge in [0.15, 0.2) is 0 Å². The standard InChI is InChI=1S/C9H20N2O/c1-8(9(2)12)10-11-6-4-3-5-7-11/h8-10,12H,3-7H2,1-2H3. The van der Waals surface area contributed by atoms with E-state index < -0.39 is 0 Å². The zero-order valence-electron chi connectivity index (χ0n) is 8.08. The fraction of sp³-hybridized carbons (Fsp3) is 1.00. The van der Waals surface area contributed by atoms with Crippen molar-refractivity contribution in [2.45, 2.75) is 45.3 Å². The van der Waals surface area contributed by atoms with Crippen LogP contribution >= 0.6 is 0 Å². The van der Waals surface area contributed by atoms with E-state index in [-0.39, 0.29) is 12.1 Å². The van der Waals surface area contributed by atoms with Crippen LogP contribution in [0.2, 0.25) is 0 Å². The van der Waals surface area contributed by atoms with E-state index in [0.29, 0.717) is 0 Å². The van der Waals surface area contributed by atoms with Gasteiger partial charge in [-0.1, -0.05) is 6.42 Å². The van der Waals surface area contributed by atoms with Crippen molar-refractivity contribution in [3.05, 3.63) is 0 Å². The molecule has 0 radical (unpaired) electrons. The van der Waals surface area contributed by atoms with E-state index >= 15 is 0 Å². The average molecular weight is 172 g/mol. The molecule has 0 spiro atoms. The van der Waals surface area contributed by atoms with Crippen LogP contribution in [0.4, 0.5) is 0 Å². The van der Waals surface area contributed by atoms with E-state index in [1.807, 2.05) is 13.8 Å². The molecule has 1 aliphatic rings. The summed E-state index contributed by atoms with van der Waals surface area (Å²) < 4.78 is 0. The van der Waals surface area contributed by atoms with Crippen LogP contribution in [0.25, 0.3) is 0 Å². The first kappa shape index (κ1) is 9.96. The van der Waals surface area contributed by atoms with E-state index in [0.717, 1.165) is 13.1 Å². The first-order valence-electron chi connectivity index (χ1n) is 4.89. The van der Waals surface area contributed by atoms with Gasteiger partial charge in [-0.3, -0.25) is 0 Å². The second-order valence-corrected chi connectivity index (χ2v) is 3.71. The highest BCUT2D eigenvalue weighted by molar-refractivity contribution is 4.68. The molecule has 0 amide bonds. The van der Waals surface area contributed by atoms with E-state index in [2.05, 4.69) is 10.4 Å². The maximum atomic E-state index is 9.26. The lowest BCUT2D eigenvalue weighted by atomic mass is 10.1. The molecular weight excluding hydrogens is 152 g/mol. The van der Waals surface area contributed by atoms with Crippen LogP contribution in [0.15, 0.2) is 0 Å². The Labute approximate surface area is 74.7 Å². The van der Waals surface area contributed by atoms with Crippen molar-refractivity contribution in [3.63, 3.8) is 0 Å². The Hall–Kier alpha value is -0.120. The number of piperidine rings is 1. The quantitative estimate of drug-likeness (QED) is 0.659. The molecule has 2 N–H and O–H groups in total. The lowest BCUT2D eigenvalue weighted by Crippen LogP contribution is -2.49. The summed E-state index contributed by atoms with van der Waals surface area (Å²) in [5.74, 6) is 0. The van der Waals surface area contributed by atoms with Gasteiger partial charge in [-0.25, -0.2) is 10.4 Å². The minimum atomic E-state index is -0.271. The van der Waals surface area contributed by atoms with E-state index in [9.17, 15) is 5.11 Å².